The Kier molecular flexibility index (Phi) is 4.57. The van der Waals surface area contributed by atoms with E-state index in [1.807, 2.05) is 12.1 Å². The van der Waals surface area contributed by atoms with Crippen LogP contribution in [0.25, 0.3) is 0 Å². The summed E-state index contributed by atoms with van der Waals surface area (Å²) in [6.45, 7) is 5.96. The summed E-state index contributed by atoms with van der Waals surface area (Å²) in [5, 5.41) is 6.83. The first kappa shape index (κ1) is 15.5. The molecule has 2 atom stereocenters. The van der Waals surface area contributed by atoms with Crippen molar-refractivity contribution in [1.82, 2.24) is 14.8 Å². The lowest BCUT2D eigenvalue weighted by molar-refractivity contribution is -0.116. The average Bonchev–Trinajstić information content (AvgIpc) is 2.99. The normalized spacial score (nSPS) is 21.2. The van der Waals surface area contributed by atoms with Crippen molar-refractivity contribution in [3.05, 3.63) is 36.8 Å². The third kappa shape index (κ3) is 4.07. The van der Waals surface area contributed by atoms with Gasteiger partial charge in [0.2, 0.25) is 5.91 Å². The van der Waals surface area contributed by atoms with E-state index in [9.17, 15) is 4.79 Å². The van der Waals surface area contributed by atoms with Crippen LogP contribution in [-0.4, -0.2) is 46.0 Å². The van der Waals surface area contributed by atoms with Crippen molar-refractivity contribution in [3.8, 4) is 0 Å². The minimum Gasteiger partial charge on any atom is -0.372 e. The summed E-state index contributed by atoms with van der Waals surface area (Å²) in [5.74, 6) is 0.772. The van der Waals surface area contributed by atoms with E-state index in [2.05, 4.69) is 34.1 Å². The number of nitrogens with zero attached hydrogens (tertiary/aromatic N) is 4. The van der Waals surface area contributed by atoms with Crippen LogP contribution in [-0.2, 0) is 16.1 Å². The molecule has 1 N–H and O–H groups in total. The lowest BCUT2D eigenvalue weighted by Gasteiger charge is -2.36. The molecule has 0 spiro atoms. The van der Waals surface area contributed by atoms with Gasteiger partial charge >= 0.3 is 0 Å². The van der Waals surface area contributed by atoms with Gasteiger partial charge in [0.1, 0.15) is 12.4 Å². The Morgan fingerprint density at radius 3 is 2.74 bits per heavy atom. The maximum Gasteiger partial charge on any atom is 0.246 e. The predicted molar refractivity (Wildman–Crippen MR) is 87.3 cm³/mol. The van der Waals surface area contributed by atoms with Gasteiger partial charge in [-0.25, -0.2) is 4.98 Å². The van der Waals surface area contributed by atoms with Crippen molar-refractivity contribution < 1.29 is 9.53 Å². The number of nitrogens with one attached hydrogen (secondary N) is 1. The second kappa shape index (κ2) is 6.78. The Bertz CT molecular complexity index is 631. The number of aromatic nitrogens is 3. The average molecular weight is 315 g/mol. The molecule has 0 radical (unpaired) electrons. The fourth-order valence-corrected chi connectivity index (χ4v) is 2.75. The second-order valence-corrected chi connectivity index (χ2v) is 5.82. The Morgan fingerprint density at radius 2 is 2.13 bits per heavy atom. The summed E-state index contributed by atoms with van der Waals surface area (Å²) in [5.41, 5.74) is 0.681. The summed E-state index contributed by atoms with van der Waals surface area (Å²) in [6.07, 6.45) is 5.46. The van der Waals surface area contributed by atoms with E-state index in [0.29, 0.717) is 5.69 Å². The van der Waals surface area contributed by atoms with Crippen LogP contribution in [0.5, 0.6) is 0 Å². The highest BCUT2D eigenvalue weighted by Gasteiger charge is 2.23. The van der Waals surface area contributed by atoms with E-state index in [4.69, 9.17) is 4.74 Å². The van der Waals surface area contributed by atoms with Gasteiger partial charge in [-0.1, -0.05) is 0 Å². The number of hydrogen-bond acceptors (Lipinski definition) is 5. The number of ether oxygens (including phenoxy) is 1. The fourth-order valence-electron chi connectivity index (χ4n) is 2.75. The molecule has 0 aromatic carbocycles. The van der Waals surface area contributed by atoms with Crippen LogP contribution in [0.15, 0.2) is 36.8 Å². The molecule has 0 saturated carbocycles. The van der Waals surface area contributed by atoms with Gasteiger partial charge in [0, 0.05) is 25.5 Å². The van der Waals surface area contributed by atoms with Crippen molar-refractivity contribution in [2.45, 2.75) is 32.6 Å². The lowest BCUT2D eigenvalue weighted by atomic mass is 10.2. The number of anilines is 2. The first-order valence-corrected chi connectivity index (χ1v) is 7.74. The number of rotatable bonds is 4. The van der Waals surface area contributed by atoms with Crippen LogP contribution in [0, 0.1) is 0 Å². The Balaban J connectivity index is 1.59. The van der Waals surface area contributed by atoms with Gasteiger partial charge in [-0.05, 0) is 32.0 Å². The van der Waals surface area contributed by atoms with Gasteiger partial charge in [0.05, 0.1) is 24.1 Å². The quantitative estimate of drug-likeness (QED) is 0.926. The topological polar surface area (TPSA) is 72.3 Å². The van der Waals surface area contributed by atoms with Crippen molar-refractivity contribution >= 4 is 17.4 Å². The first-order valence-electron chi connectivity index (χ1n) is 7.74. The summed E-state index contributed by atoms with van der Waals surface area (Å²) in [4.78, 5) is 18.6. The highest BCUT2D eigenvalue weighted by atomic mass is 16.5. The van der Waals surface area contributed by atoms with E-state index in [0.717, 1.165) is 18.9 Å². The van der Waals surface area contributed by atoms with Crippen molar-refractivity contribution in [3.63, 3.8) is 0 Å². The Hall–Kier alpha value is -2.41. The molecule has 1 aliphatic rings. The van der Waals surface area contributed by atoms with E-state index < -0.39 is 0 Å². The summed E-state index contributed by atoms with van der Waals surface area (Å²) in [7, 11) is 0. The number of carbonyl (C=O) groups excluding carboxylic acids is 1. The summed E-state index contributed by atoms with van der Waals surface area (Å²) >= 11 is 0. The minimum absolute atomic E-state index is 0.128. The van der Waals surface area contributed by atoms with Crippen LogP contribution >= 0.6 is 0 Å². The Morgan fingerprint density at radius 1 is 1.35 bits per heavy atom. The SMILES string of the molecule is C[C@H]1CN(c2ccc(NC(=O)Cn3cccn3)cn2)C[C@H](C)O1. The van der Waals surface area contributed by atoms with Gasteiger partial charge in [0.25, 0.3) is 0 Å². The predicted octanol–water partition coefficient (Wildman–Crippen LogP) is 1.53. The molecule has 1 fully saturated rings. The van der Waals surface area contributed by atoms with Crippen LogP contribution in [0.4, 0.5) is 11.5 Å². The van der Waals surface area contributed by atoms with Crippen LogP contribution in [0.2, 0.25) is 0 Å². The molecular formula is C16H21N5O2. The van der Waals surface area contributed by atoms with Gasteiger partial charge in [-0.3, -0.25) is 9.48 Å². The van der Waals surface area contributed by atoms with Crippen molar-refractivity contribution in [2.24, 2.45) is 0 Å². The molecule has 3 heterocycles. The third-order valence-electron chi connectivity index (χ3n) is 3.64. The molecule has 0 bridgehead atoms. The standard InChI is InChI=1S/C16H21N5O2/c1-12-9-20(10-13(2)23-12)15-5-4-14(8-17-15)19-16(22)11-21-7-3-6-18-21/h3-8,12-13H,9-11H2,1-2H3,(H,19,22)/t12-,13-/m0/s1. The highest BCUT2D eigenvalue weighted by Crippen LogP contribution is 2.19. The number of pyridine rings is 1. The monoisotopic (exact) mass is 315 g/mol. The van der Waals surface area contributed by atoms with Gasteiger partial charge in [-0.2, -0.15) is 5.10 Å². The molecule has 7 nitrogen and oxygen atoms in total. The smallest absolute Gasteiger partial charge is 0.246 e. The largest absolute Gasteiger partial charge is 0.372 e. The zero-order chi connectivity index (χ0) is 16.2. The molecule has 0 unspecified atom stereocenters. The van der Waals surface area contributed by atoms with E-state index >= 15 is 0 Å². The molecule has 1 amide bonds. The third-order valence-corrected chi connectivity index (χ3v) is 3.64. The number of carbonyl (C=O) groups is 1. The minimum atomic E-state index is -0.128. The van der Waals surface area contributed by atoms with Gasteiger partial charge < -0.3 is 15.0 Å². The van der Waals surface area contributed by atoms with Crippen molar-refractivity contribution in [1.29, 1.82) is 0 Å². The van der Waals surface area contributed by atoms with Crippen LogP contribution in [0.1, 0.15) is 13.8 Å². The molecule has 7 heteroatoms. The lowest BCUT2D eigenvalue weighted by Crippen LogP contribution is -2.45. The summed E-state index contributed by atoms with van der Waals surface area (Å²) in [6, 6.07) is 5.58. The zero-order valence-corrected chi connectivity index (χ0v) is 13.3. The number of amides is 1. The maximum absolute atomic E-state index is 11.9. The fraction of sp³-hybridized carbons (Fsp3) is 0.438. The molecule has 0 aliphatic carbocycles. The molecule has 2 aromatic rings. The van der Waals surface area contributed by atoms with E-state index in [-0.39, 0.29) is 24.7 Å². The van der Waals surface area contributed by atoms with Crippen LogP contribution < -0.4 is 10.2 Å². The zero-order valence-electron chi connectivity index (χ0n) is 13.3. The number of morpholine rings is 1. The van der Waals surface area contributed by atoms with E-state index in [1.165, 1.54) is 0 Å². The molecule has 2 aromatic heterocycles. The molecular weight excluding hydrogens is 294 g/mol. The van der Waals surface area contributed by atoms with Crippen LogP contribution in [0.3, 0.4) is 0 Å². The highest BCUT2D eigenvalue weighted by molar-refractivity contribution is 5.90. The van der Waals surface area contributed by atoms with Crippen molar-refractivity contribution in [2.75, 3.05) is 23.3 Å². The molecule has 3 rings (SSSR count). The second-order valence-electron chi connectivity index (χ2n) is 5.82. The molecule has 1 saturated heterocycles. The Labute approximate surface area is 135 Å². The molecule has 1 aliphatic heterocycles. The van der Waals surface area contributed by atoms with Gasteiger partial charge in [0.15, 0.2) is 0 Å². The van der Waals surface area contributed by atoms with Gasteiger partial charge in [-0.15, -0.1) is 0 Å². The maximum atomic E-state index is 11.9. The molecule has 122 valence electrons. The molecule has 23 heavy (non-hydrogen) atoms. The summed E-state index contributed by atoms with van der Waals surface area (Å²) < 4.78 is 7.31. The van der Waals surface area contributed by atoms with E-state index in [1.54, 1.807) is 29.3 Å². The first-order chi connectivity index (χ1) is 11.1. The number of hydrogen-bond donors (Lipinski definition) is 1.